The molecule has 1 N–H and O–H groups in total. The molecule has 1 amide bonds. The van der Waals surface area contributed by atoms with Crippen molar-refractivity contribution >= 4 is 12.1 Å². The first kappa shape index (κ1) is 16.5. The number of amides is 1. The Morgan fingerprint density at radius 2 is 2.10 bits per heavy atom. The zero-order valence-corrected chi connectivity index (χ0v) is 12.5. The van der Waals surface area contributed by atoms with Gasteiger partial charge in [-0.15, -0.1) is 6.58 Å². The van der Waals surface area contributed by atoms with Gasteiger partial charge in [0, 0.05) is 6.42 Å². The van der Waals surface area contributed by atoms with Crippen molar-refractivity contribution < 1.29 is 24.2 Å². The van der Waals surface area contributed by atoms with Crippen LogP contribution >= 0.6 is 0 Å². The molecule has 20 heavy (non-hydrogen) atoms. The molecule has 1 saturated heterocycles. The number of likely N-dealkylation sites (tertiary alicyclic amines) is 1. The zero-order valence-electron chi connectivity index (χ0n) is 12.5. The Morgan fingerprint density at radius 3 is 2.55 bits per heavy atom. The average molecular weight is 285 g/mol. The van der Waals surface area contributed by atoms with Gasteiger partial charge in [0.05, 0.1) is 19.8 Å². The maximum atomic E-state index is 12.3. The van der Waals surface area contributed by atoms with Gasteiger partial charge >= 0.3 is 12.1 Å². The Labute approximate surface area is 119 Å². The van der Waals surface area contributed by atoms with E-state index >= 15 is 0 Å². The zero-order chi connectivity index (χ0) is 15.6. The summed E-state index contributed by atoms with van der Waals surface area (Å²) in [4.78, 5) is 25.6. The number of hydrogen-bond acceptors (Lipinski definition) is 5. The normalized spacial score (nSPS) is 26.2. The van der Waals surface area contributed by atoms with E-state index in [-0.39, 0.29) is 19.4 Å². The second-order valence-corrected chi connectivity index (χ2v) is 5.96. The van der Waals surface area contributed by atoms with Crippen molar-refractivity contribution in [1.29, 1.82) is 0 Å². The summed E-state index contributed by atoms with van der Waals surface area (Å²) < 4.78 is 10.1. The van der Waals surface area contributed by atoms with Crippen LogP contribution in [0.3, 0.4) is 0 Å². The second kappa shape index (κ2) is 5.83. The smallest absolute Gasteiger partial charge is 0.411 e. The van der Waals surface area contributed by atoms with Gasteiger partial charge in [0.15, 0.2) is 0 Å². The summed E-state index contributed by atoms with van der Waals surface area (Å²) in [6.45, 7) is 8.87. The lowest BCUT2D eigenvalue weighted by molar-refractivity contribution is -0.153. The summed E-state index contributed by atoms with van der Waals surface area (Å²) in [7, 11) is 1.26. The lowest BCUT2D eigenvalue weighted by Gasteiger charge is -2.35. The maximum absolute atomic E-state index is 12.3. The molecule has 1 rings (SSSR count). The van der Waals surface area contributed by atoms with E-state index in [1.807, 2.05) is 0 Å². The molecular formula is C14H23NO5. The van der Waals surface area contributed by atoms with Gasteiger partial charge in [-0.05, 0) is 27.2 Å². The predicted molar refractivity (Wildman–Crippen MR) is 73.1 cm³/mol. The molecule has 0 aromatic rings. The first-order valence-electron chi connectivity index (χ1n) is 6.54. The Balaban J connectivity index is 3.09. The third-order valence-electron chi connectivity index (χ3n) is 3.14. The number of carbonyl (C=O) groups excluding carboxylic acids is 2. The van der Waals surface area contributed by atoms with Gasteiger partial charge in [-0.3, -0.25) is 4.90 Å². The highest BCUT2D eigenvalue weighted by Gasteiger charge is 2.54. The minimum Gasteiger partial charge on any atom is -0.467 e. The number of aliphatic hydroxyl groups is 1. The quantitative estimate of drug-likeness (QED) is 0.628. The van der Waals surface area contributed by atoms with Crippen molar-refractivity contribution in [3.8, 4) is 0 Å². The third-order valence-corrected chi connectivity index (χ3v) is 3.14. The van der Waals surface area contributed by atoms with Crippen LogP contribution in [0, 0.1) is 0 Å². The van der Waals surface area contributed by atoms with Crippen LogP contribution < -0.4 is 0 Å². The van der Waals surface area contributed by atoms with Gasteiger partial charge in [0.2, 0.25) is 0 Å². The Kier molecular flexibility index (Phi) is 4.81. The van der Waals surface area contributed by atoms with Crippen LogP contribution in [0.5, 0.6) is 0 Å². The number of esters is 1. The van der Waals surface area contributed by atoms with Crippen molar-refractivity contribution in [2.75, 3.05) is 13.7 Å². The van der Waals surface area contributed by atoms with E-state index in [2.05, 4.69) is 6.58 Å². The molecule has 0 unspecified atom stereocenters. The molecule has 0 radical (unpaired) electrons. The van der Waals surface area contributed by atoms with Crippen molar-refractivity contribution in [2.24, 2.45) is 0 Å². The minimum absolute atomic E-state index is 0.0395. The highest BCUT2D eigenvalue weighted by atomic mass is 16.6. The van der Waals surface area contributed by atoms with Gasteiger partial charge in [-0.1, -0.05) is 6.08 Å². The van der Waals surface area contributed by atoms with Crippen LogP contribution in [0.15, 0.2) is 12.7 Å². The molecule has 0 spiro atoms. The Morgan fingerprint density at radius 1 is 1.50 bits per heavy atom. The predicted octanol–water partition coefficient (Wildman–Crippen LogP) is 1.48. The SMILES string of the molecule is C=CC[C@@]1(C(=O)OC)C[C@@H](O)CN1C(=O)OC(C)(C)C. The van der Waals surface area contributed by atoms with Crippen molar-refractivity contribution in [1.82, 2.24) is 4.90 Å². The molecule has 1 aliphatic heterocycles. The lowest BCUT2D eigenvalue weighted by atomic mass is 9.91. The van der Waals surface area contributed by atoms with E-state index in [4.69, 9.17) is 9.47 Å². The van der Waals surface area contributed by atoms with E-state index in [1.54, 1.807) is 20.8 Å². The van der Waals surface area contributed by atoms with E-state index in [9.17, 15) is 14.7 Å². The van der Waals surface area contributed by atoms with Gasteiger partial charge in [-0.25, -0.2) is 9.59 Å². The molecule has 1 aliphatic rings. The summed E-state index contributed by atoms with van der Waals surface area (Å²) in [6.07, 6.45) is 0.427. The molecule has 1 heterocycles. The maximum Gasteiger partial charge on any atom is 0.411 e. The molecular weight excluding hydrogens is 262 g/mol. The van der Waals surface area contributed by atoms with Crippen molar-refractivity contribution in [3.63, 3.8) is 0 Å². The molecule has 6 heteroatoms. The van der Waals surface area contributed by atoms with Crippen LogP contribution in [0.1, 0.15) is 33.6 Å². The van der Waals surface area contributed by atoms with Crippen LogP contribution in [0.4, 0.5) is 4.79 Å². The largest absolute Gasteiger partial charge is 0.467 e. The van der Waals surface area contributed by atoms with Crippen molar-refractivity contribution in [2.45, 2.75) is 50.9 Å². The number of ether oxygens (including phenoxy) is 2. The topological polar surface area (TPSA) is 76.1 Å². The summed E-state index contributed by atoms with van der Waals surface area (Å²) in [5.41, 5.74) is -1.92. The van der Waals surface area contributed by atoms with Crippen LogP contribution in [-0.2, 0) is 14.3 Å². The molecule has 0 aromatic heterocycles. The van der Waals surface area contributed by atoms with Crippen LogP contribution in [-0.4, -0.2) is 53.0 Å². The Bertz CT molecular complexity index is 401. The Hall–Kier alpha value is -1.56. The van der Waals surface area contributed by atoms with Crippen LogP contribution in [0.2, 0.25) is 0 Å². The van der Waals surface area contributed by atoms with Gasteiger partial charge in [0.1, 0.15) is 11.1 Å². The summed E-state index contributed by atoms with van der Waals surface area (Å²) in [5.74, 6) is -0.570. The first-order chi connectivity index (χ1) is 9.16. The fourth-order valence-corrected chi connectivity index (χ4v) is 2.42. The van der Waals surface area contributed by atoms with Gasteiger partial charge in [-0.2, -0.15) is 0 Å². The number of β-amino-alcohol motifs (C(OH)–C–C–N with tert-alkyl or cyclic N) is 1. The number of carbonyl (C=O) groups is 2. The molecule has 6 nitrogen and oxygen atoms in total. The second-order valence-electron chi connectivity index (χ2n) is 5.96. The molecule has 1 fully saturated rings. The van der Waals surface area contributed by atoms with Gasteiger partial charge in [0.25, 0.3) is 0 Å². The first-order valence-corrected chi connectivity index (χ1v) is 6.54. The van der Waals surface area contributed by atoms with Crippen molar-refractivity contribution in [3.05, 3.63) is 12.7 Å². The number of hydrogen-bond donors (Lipinski definition) is 1. The van der Waals surface area contributed by atoms with Gasteiger partial charge < -0.3 is 14.6 Å². The molecule has 0 saturated carbocycles. The molecule has 0 aliphatic carbocycles. The lowest BCUT2D eigenvalue weighted by Crippen LogP contribution is -2.54. The van der Waals surface area contributed by atoms with E-state index in [0.29, 0.717) is 0 Å². The molecule has 0 aromatic carbocycles. The number of nitrogens with zero attached hydrogens (tertiary/aromatic N) is 1. The highest BCUT2D eigenvalue weighted by Crippen LogP contribution is 2.35. The van der Waals surface area contributed by atoms with E-state index < -0.39 is 29.3 Å². The fraction of sp³-hybridized carbons (Fsp3) is 0.714. The standard InChI is InChI=1S/C14H23NO5/c1-6-7-14(11(17)19-5)8-10(16)9-15(14)12(18)20-13(2,3)4/h6,10,16H,1,7-9H2,2-5H3/t10-,14+/m1/s1. The fourth-order valence-electron chi connectivity index (χ4n) is 2.42. The molecule has 2 atom stereocenters. The van der Waals surface area contributed by atoms with Crippen LogP contribution in [0.25, 0.3) is 0 Å². The summed E-state index contributed by atoms with van der Waals surface area (Å²) in [6, 6.07) is 0. The minimum atomic E-state index is -1.24. The van der Waals surface area contributed by atoms with E-state index in [1.165, 1.54) is 18.1 Å². The number of methoxy groups -OCH3 is 1. The summed E-state index contributed by atoms with van der Waals surface area (Å²) in [5, 5.41) is 9.86. The molecule has 0 bridgehead atoms. The number of aliphatic hydroxyl groups excluding tert-OH is 1. The van der Waals surface area contributed by atoms with E-state index in [0.717, 1.165) is 0 Å². The third kappa shape index (κ3) is 3.30. The average Bonchev–Trinajstić information content (AvgIpc) is 2.65. The monoisotopic (exact) mass is 285 g/mol. The molecule has 114 valence electrons. The number of rotatable bonds is 3. The summed E-state index contributed by atoms with van der Waals surface area (Å²) >= 11 is 0. The highest BCUT2D eigenvalue weighted by molar-refractivity contribution is 5.87.